The van der Waals surface area contributed by atoms with Crippen LogP contribution in [0.1, 0.15) is 12.5 Å². The molecule has 1 N–H and O–H groups in total. The van der Waals surface area contributed by atoms with Gasteiger partial charge in [-0.05, 0) is 37.6 Å². The molecule has 0 aliphatic carbocycles. The van der Waals surface area contributed by atoms with Gasteiger partial charge in [-0.2, -0.15) is 0 Å². The highest BCUT2D eigenvalue weighted by molar-refractivity contribution is 6.37. The minimum absolute atomic E-state index is 0.321. The number of rotatable bonds is 3. The molecule has 0 bridgehead atoms. The van der Waals surface area contributed by atoms with E-state index in [-0.39, 0.29) is 5.82 Å². The van der Waals surface area contributed by atoms with Gasteiger partial charge in [0.2, 0.25) is 0 Å². The van der Waals surface area contributed by atoms with E-state index in [1.165, 1.54) is 12.1 Å². The average Bonchev–Trinajstić information content (AvgIpc) is 2.36. The van der Waals surface area contributed by atoms with Crippen molar-refractivity contribution >= 4 is 29.0 Å². The number of anilines is 1. The Balaban J connectivity index is 2.61. The summed E-state index contributed by atoms with van der Waals surface area (Å²) in [4.78, 5) is 4.39. The van der Waals surface area contributed by atoms with Gasteiger partial charge in [-0.25, -0.2) is 9.37 Å². The molecule has 0 aliphatic heterocycles. The van der Waals surface area contributed by atoms with Crippen molar-refractivity contribution in [1.82, 2.24) is 4.98 Å². The van der Waals surface area contributed by atoms with Crippen LogP contribution in [0.25, 0.3) is 11.3 Å². The summed E-state index contributed by atoms with van der Waals surface area (Å²) < 4.78 is 13.4. The maximum Gasteiger partial charge on any atom is 0.145 e. The lowest BCUT2D eigenvalue weighted by Gasteiger charge is -2.12. The molecule has 0 amide bonds. The van der Waals surface area contributed by atoms with Gasteiger partial charge in [-0.3, -0.25) is 0 Å². The van der Waals surface area contributed by atoms with Gasteiger partial charge in [0, 0.05) is 12.1 Å². The molecule has 5 heteroatoms. The van der Waals surface area contributed by atoms with E-state index in [9.17, 15) is 4.39 Å². The van der Waals surface area contributed by atoms with E-state index in [4.69, 9.17) is 23.2 Å². The van der Waals surface area contributed by atoms with Gasteiger partial charge in [0.05, 0.1) is 15.7 Å². The first kappa shape index (κ1) is 14.1. The predicted molar refractivity (Wildman–Crippen MR) is 78.6 cm³/mol. The zero-order valence-electron chi connectivity index (χ0n) is 10.6. The van der Waals surface area contributed by atoms with Crippen molar-refractivity contribution < 1.29 is 4.39 Å². The minimum atomic E-state index is -0.321. The third kappa shape index (κ3) is 2.99. The van der Waals surface area contributed by atoms with Crippen LogP contribution in [0.4, 0.5) is 10.2 Å². The summed E-state index contributed by atoms with van der Waals surface area (Å²) in [6.07, 6.45) is 0. The molecule has 100 valence electrons. The average molecular weight is 299 g/mol. The Hall–Kier alpha value is -1.32. The Labute approximate surface area is 121 Å². The zero-order chi connectivity index (χ0) is 14.0. The summed E-state index contributed by atoms with van der Waals surface area (Å²) in [7, 11) is 0. The molecular formula is C14H13Cl2FN2. The second kappa shape index (κ2) is 5.76. The second-order valence-corrected chi connectivity index (χ2v) is 4.95. The summed E-state index contributed by atoms with van der Waals surface area (Å²) >= 11 is 12.2. The smallest absolute Gasteiger partial charge is 0.145 e. The van der Waals surface area contributed by atoms with Crippen LogP contribution in [0.15, 0.2) is 24.3 Å². The highest BCUT2D eigenvalue weighted by Gasteiger charge is 2.13. The number of aromatic nitrogens is 1. The molecule has 1 aromatic heterocycles. The van der Waals surface area contributed by atoms with Gasteiger partial charge in [0.15, 0.2) is 0 Å². The van der Waals surface area contributed by atoms with E-state index in [0.717, 1.165) is 5.56 Å². The Morgan fingerprint density at radius 1 is 1.21 bits per heavy atom. The van der Waals surface area contributed by atoms with Crippen LogP contribution in [0.2, 0.25) is 10.0 Å². The topological polar surface area (TPSA) is 24.9 Å². The maximum absolute atomic E-state index is 13.4. The summed E-state index contributed by atoms with van der Waals surface area (Å²) in [5.74, 6) is 0.227. The molecule has 0 atom stereocenters. The van der Waals surface area contributed by atoms with Crippen LogP contribution in [-0.4, -0.2) is 11.5 Å². The third-order valence-electron chi connectivity index (χ3n) is 2.73. The first-order valence-corrected chi connectivity index (χ1v) is 6.65. The zero-order valence-corrected chi connectivity index (χ0v) is 12.1. The third-order valence-corrected chi connectivity index (χ3v) is 3.30. The number of hydrogen-bond acceptors (Lipinski definition) is 2. The summed E-state index contributed by atoms with van der Waals surface area (Å²) in [5, 5.41) is 3.90. The predicted octanol–water partition coefficient (Wildman–Crippen LogP) is 4.93. The summed E-state index contributed by atoms with van der Waals surface area (Å²) in [5.41, 5.74) is 2.10. The van der Waals surface area contributed by atoms with Crippen molar-refractivity contribution in [3.8, 4) is 11.3 Å². The van der Waals surface area contributed by atoms with Gasteiger partial charge in [0.25, 0.3) is 0 Å². The van der Waals surface area contributed by atoms with Gasteiger partial charge in [-0.15, -0.1) is 0 Å². The Kier molecular flexibility index (Phi) is 4.27. The summed E-state index contributed by atoms with van der Waals surface area (Å²) in [6, 6.07) is 6.15. The molecule has 0 aliphatic rings. The highest BCUT2D eigenvalue weighted by Crippen LogP contribution is 2.34. The number of hydrogen-bond donors (Lipinski definition) is 1. The van der Waals surface area contributed by atoms with E-state index in [1.54, 1.807) is 12.1 Å². The van der Waals surface area contributed by atoms with Crippen molar-refractivity contribution in [1.29, 1.82) is 0 Å². The number of halogens is 3. The van der Waals surface area contributed by atoms with E-state index >= 15 is 0 Å². The van der Waals surface area contributed by atoms with Crippen molar-refractivity contribution in [2.75, 3.05) is 11.9 Å². The number of nitrogens with one attached hydrogen (secondary N) is 1. The first-order valence-electron chi connectivity index (χ1n) is 5.89. The monoisotopic (exact) mass is 298 g/mol. The fraction of sp³-hybridized carbons (Fsp3) is 0.214. The minimum Gasteiger partial charge on any atom is -0.369 e. The normalized spacial score (nSPS) is 10.6. The maximum atomic E-state index is 13.4. The molecule has 1 heterocycles. The molecule has 19 heavy (non-hydrogen) atoms. The molecular weight excluding hydrogens is 286 g/mol. The van der Waals surface area contributed by atoms with E-state index in [1.807, 2.05) is 13.8 Å². The number of nitrogens with zero attached hydrogens (tertiary/aromatic N) is 1. The SMILES string of the molecule is CCNc1nc(-c2cc(F)ccc2C)c(Cl)cc1Cl. The van der Waals surface area contributed by atoms with Gasteiger partial charge < -0.3 is 5.32 Å². The number of benzene rings is 1. The molecule has 0 spiro atoms. The van der Waals surface area contributed by atoms with Crippen LogP contribution in [0.3, 0.4) is 0 Å². The molecule has 0 saturated carbocycles. The van der Waals surface area contributed by atoms with Crippen molar-refractivity contribution in [3.05, 3.63) is 45.7 Å². The lowest BCUT2D eigenvalue weighted by Crippen LogP contribution is -2.02. The molecule has 2 rings (SSSR count). The Bertz CT molecular complexity index is 615. The van der Waals surface area contributed by atoms with E-state index in [0.29, 0.717) is 33.7 Å². The summed E-state index contributed by atoms with van der Waals surface area (Å²) in [6.45, 7) is 4.52. The molecule has 2 aromatic rings. The first-order chi connectivity index (χ1) is 9.02. The number of pyridine rings is 1. The van der Waals surface area contributed by atoms with Crippen molar-refractivity contribution in [2.45, 2.75) is 13.8 Å². The van der Waals surface area contributed by atoms with Gasteiger partial charge in [0.1, 0.15) is 11.6 Å². The highest BCUT2D eigenvalue weighted by atomic mass is 35.5. The molecule has 0 unspecified atom stereocenters. The number of aryl methyl sites for hydroxylation is 1. The lowest BCUT2D eigenvalue weighted by molar-refractivity contribution is 0.628. The van der Waals surface area contributed by atoms with Gasteiger partial charge in [-0.1, -0.05) is 29.3 Å². The van der Waals surface area contributed by atoms with Gasteiger partial charge >= 0.3 is 0 Å². The van der Waals surface area contributed by atoms with Crippen molar-refractivity contribution in [3.63, 3.8) is 0 Å². The molecule has 0 fully saturated rings. The standard InChI is InChI=1S/C14H13Cl2FN2/c1-3-18-14-12(16)7-11(15)13(19-14)10-6-9(17)5-4-8(10)2/h4-7H,3H2,1-2H3,(H,18,19). The molecule has 0 radical (unpaired) electrons. The van der Waals surface area contributed by atoms with Crippen LogP contribution in [0.5, 0.6) is 0 Å². The fourth-order valence-electron chi connectivity index (χ4n) is 1.80. The van der Waals surface area contributed by atoms with Crippen molar-refractivity contribution in [2.24, 2.45) is 0 Å². The lowest BCUT2D eigenvalue weighted by atomic mass is 10.0. The van der Waals surface area contributed by atoms with E-state index in [2.05, 4.69) is 10.3 Å². The van der Waals surface area contributed by atoms with Crippen LogP contribution < -0.4 is 5.32 Å². The fourth-order valence-corrected chi connectivity index (χ4v) is 2.32. The molecule has 1 aromatic carbocycles. The van der Waals surface area contributed by atoms with E-state index < -0.39 is 0 Å². The Morgan fingerprint density at radius 3 is 2.63 bits per heavy atom. The Morgan fingerprint density at radius 2 is 1.95 bits per heavy atom. The largest absolute Gasteiger partial charge is 0.369 e. The second-order valence-electron chi connectivity index (χ2n) is 4.14. The van der Waals surface area contributed by atoms with Crippen LogP contribution in [0, 0.1) is 12.7 Å². The van der Waals surface area contributed by atoms with Crippen LogP contribution >= 0.6 is 23.2 Å². The quantitative estimate of drug-likeness (QED) is 0.868. The molecule has 2 nitrogen and oxygen atoms in total. The van der Waals surface area contributed by atoms with Crippen LogP contribution in [-0.2, 0) is 0 Å². The molecule has 0 saturated heterocycles.